The van der Waals surface area contributed by atoms with E-state index < -0.39 is 0 Å². The maximum Gasteiger partial charge on any atom is 0.253 e. The minimum atomic E-state index is -0.294. The Balaban J connectivity index is 2.05. The molecule has 18 heavy (non-hydrogen) atoms. The molecule has 4 heteroatoms. The summed E-state index contributed by atoms with van der Waals surface area (Å²) >= 11 is 0. The summed E-state index contributed by atoms with van der Waals surface area (Å²) in [6.45, 7) is 0.469. The van der Waals surface area contributed by atoms with Gasteiger partial charge in [0.05, 0.1) is 5.69 Å². The summed E-state index contributed by atoms with van der Waals surface area (Å²) in [6, 6.07) is 5.45. The predicted molar refractivity (Wildman–Crippen MR) is 68.4 cm³/mol. The normalized spacial score (nSPS) is 16.0. The molecule has 0 fully saturated rings. The zero-order chi connectivity index (χ0) is 12.8. The Morgan fingerprint density at radius 2 is 2.28 bits per heavy atom. The summed E-state index contributed by atoms with van der Waals surface area (Å²) in [5, 5.41) is 0. The molecular formula is C14H14N2O2. The lowest BCUT2D eigenvalue weighted by Crippen LogP contribution is -2.34. The molecule has 0 N–H and O–H groups in total. The van der Waals surface area contributed by atoms with Crippen molar-refractivity contribution in [2.75, 3.05) is 6.54 Å². The largest absolute Gasteiger partial charge is 0.275 e. The molecule has 2 amide bonds. The molecule has 1 aliphatic heterocycles. The van der Waals surface area contributed by atoms with Gasteiger partial charge in [0.2, 0.25) is 0 Å². The Morgan fingerprint density at radius 3 is 3.06 bits per heavy atom. The second kappa shape index (κ2) is 5.91. The number of allylic oxidation sites excluding steroid dienone is 1. The van der Waals surface area contributed by atoms with E-state index in [0.29, 0.717) is 12.2 Å². The Kier molecular flexibility index (Phi) is 4.02. The number of aromatic nitrogens is 1. The topological polar surface area (TPSA) is 50.3 Å². The third-order valence-corrected chi connectivity index (χ3v) is 2.63. The van der Waals surface area contributed by atoms with Crippen molar-refractivity contribution in [3.63, 3.8) is 0 Å². The van der Waals surface area contributed by atoms with Crippen LogP contribution in [0.25, 0.3) is 6.08 Å². The van der Waals surface area contributed by atoms with Gasteiger partial charge in [0, 0.05) is 18.8 Å². The van der Waals surface area contributed by atoms with Gasteiger partial charge in [-0.3, -0.25) is 19.5 Å². The number of imide groups is 1. The molecule has 92 valence electrons. The van der Waals surface area contributed by atoms with Crippen molar-refractivity contribution in [2.24, 2.45) is 0 Å². The van der Waals surface area contributed by atoms with Crippen molar-refractivity contribution >= 4 is 17.9 Å². The molecule has 0 atom stereocenters. The van der Waals surface area contributed by atoms with Crippen LogP contribution in [0.4, 0.5) is 0 Å². The first-order valence-corrected chi connectivity index (χ1v) is 5.88. The minimum Gasteiger partial charge on any atom is -0.275 e. The van der Waals surface area contributed by atoms with E-state index in [-0.39, 0.29) is 11.8 Å². The first kappa shape index (κ1) is 12.2. The number of amides is 2. The van der Waals surface area contributed by atoms with Crippen LogP contribution in [0.15, 0.2) is 42.6 Å². The van der Waals surface area contributed by atoms with E-state index in [2.05, 4.69) is 4.98 Å². The van der Waals surface area contributed by atoms with Crippen LogP contribution in [-0.2, 0) is 9.59 Å². The van der Waals surface area contributed by atoms with Crippen molar-refractivity contribution in [1.82, 2.24) is 9.88 Å². The van der Waals surface area contributed by atoms with Gasteiger partial charge in [-0.1, -0.05) is 12.1 Å². The number of pyridine rings is 1. The number of rotatable bonds is 2. The quantitative estimate of drug-likeness (QED) is 0.743. The molecule has 0 radical (unpaired) electrons. The third kappa shape index (κ3) is 3.13. The van der Waals surface area contributed by atoms with Crippen molar-refractivity contribution in [3.8, 4) is 0 Å². The zero-order valence-electron chi connectivity index (χ0n) is 9.95. The van der Waals surface area contributed by atoms with Crippen LogP contribution in [0.3, 0.4) is 0 Å². The SMILES string of the molecule is O=C1C=CCCCN1C(=O)C=Cc1ccccn1. The number of hydrogen-bond donors (Lipinski definition) is 0. The van der Waals surface area contributed by atoms with Crippen LogP contribution >= 0.6 is 0 Å². The molecule has 0 aromatic carbocycles. The molecule has 0 saturated carbocycles. The number of hydrogen-bond acceptors (Lipinski definition) is 3. The van der Waals surface area contributed by atoms with Crippen LogP contribution in [-0.4, -0.2) is 28.2 Å². The lowest BCUT2D eigenvalue weighted by Gasteiger charge is -2.15. The Bertz CT molecular complexity index is 492. The lowest BCUT2D eigenvalue weighted by molar-refractivity contribution is -0.138. The van der Waals surface area contributed by atoms with Crippen LogP contribution in [0.1, 0.15) is 18.5 Å². The van der Waals surface area contributed by atoms with E-state index in [9.17, 15) is 9.59 Å². The minimum absolute atomic E-state index is 0.247. The molecule has 4 nitrogen and oxygen atoms in total. The standard InChI is InChI=1S/C14H14N2O2/c17-13-7-2-1-5-11-16(13)14(18)9-8-12-6-3-4-10-15-12/h2-4,6-10H,1,5,11H2. The first-order chi connectivity index (χ1) is 8.77. The van der Waals surface area contributed by atoms with Gasteiger partial charge in [-0.15, -0.1) is 0 Å². The number of carbonyl (C=O) groups excluding carboxylic acids is 2. The molecule has 1 aromatic rings. The number of carbonyl (C=O) groups is 2. The highest BCUT2D eigenvalue weighted by Gasteiger charge is 2.17. The average molecular weight is 242 g/mol. The Morgan fingerprint density at radius 1 is 1.39 bits per heavy atom. The highest BCUT2D eigenvalue weighted by Crippen LogP contribution is 2.06. The van der Waals surface area contributed by atoms with Crippen molar-refractivity contribution < 1.29 is 9.59 Å². The molecule has 0 aliphatic carbocycles. The molecule has 0 spiro atoms. The Hall–Kier alpha value is -2.23. The van der Waals surface area contributed by atoms with Gasteiger partial charge in [0.1, 0.15) is 0 Å². The maximum atomic E-state index is 11.9. The molecule has 0 saturated heterocycles. The van der Waals surface area contributed by atoms with E-state index in [0.717, 1.165) is 12.8 Å². The summed E-state index contributed by atoms with van der Waals surface area (Å²) in [4.78, 5) is 28.9. The number of nitrogens with zero attached hydrogens (tertiary/aromatic N) is 2. The second-order valence-electron chi connectivity index (χ2n) is 3.96. The van der Waals surface area contributed by atoms with E-state index in [1.165, 1.54) is 17.1 Å². The molecule has 1 aliphatic rings. The highest BCUT2D eigenvalue weighted by molar-refractivity contribution is 6.06. The van der Waals surface area contributed by atoms with E-state index in [1.807, 2.05) is 12.1 Å². The fourth-order valence-corrected chi connectivity index (χ4v) is 1.69. The molecule has 0 bridgehead atoms. The molecule has 1 aromatic heterocycles. The third-order valence-electron chi connectivity index (χ3n) is 2.63. The summed E-state index contributed by atoms with van der Waals surface area (Å²) in [7, 11) is 0. The van der Waals surface area contributed by atoms with Gasteiger partial charge in [-0.05, 0) is 37.1 Å². The van der Waals surface area contributed by atoms with Crippen molar-refractivity contribution in [3.05, 3.63) is 48.3 Å². The summed E-state index contributed by atoms with van der Waals surface area (Å²) < 4.78 is 0. The van der Waals surface area contributed by atoms with Crippen molar-refractivity contribution in [2.45, 2.75) is 12.8 Å². The Labute approximate surface area is 106 Å². The summed E-state index contributed by atoms with van der Waals surface area (Å²) in [5.41, 5.74) is 0.698. The van der Waals surface area contributed by atoms with Gasteiger partial charge < -0.3 is 0 Å². The van der Waals surface area contributed by atoms with Crippen molar-refractivity contribution in [1.29, 1.82) is 0 Å². The van der Waals surface area contributed by atoms with Crippen LogP contribution in [0.2, 0.25) is 0 Å². The monoisotopic (exact) mass is 242 g/mol. The molecule has 0 unspecified atom stereocenters. The average Bonchev–Trinajstić information content (AvgIpc) is 2.62. The molecular weight excluding hydrogens is 228 g/mol. The van der Waals surface area contributed by atoms with E-state index in [1.54, 1.807) is 24.4 Å². The maximum absolute atomic E-state index is 11.9. The lowest BCUT2D eigenvalue weighted by atomic mass is 10.3. The first-order valence-electron chi connectivity index (χ1n) is 5.88. The fraction of sp³-hybridized carbons (Fsp3) is 0.214. The zero-order valence-corrected chi connectivity index (χ0v) is 9.95. The van der Waals surface area contributed by atoms with Gasteiger partial charge >= 0.3 is 0 Å². The highest BCUT2D eigenvalue weighted by atomic mass is 16.2. The van der Waals surface area contributed by atoms with Crippen LogP contribution in [0.5, 0.6) is 0 Å². The van der Waals surface area contributed by atoms with E-state index in [4.69, 9.17) is 0 Å². The van der Waals surface area contributed by atoms with Crippen LogP contribution < -0.4 is 0 Å². The van der Waals surface area contributed by atoms with Gasteiger partial charge in [-0.25, -0.2) is 0 Å². The molecule has 2 heterocycles. The van der Waals surface area contributed by atoms with Gasteiger partial charge in [-0.2, -0.15) is 0 Å². The fourth-order valence-electron chi connectivity index (χ4n) is 1.69. The molecule has 2 rings (SSSR count). The predicted octanol–water partition coefficient (Wildman–Crippen LogP) is 1.80. The van der Waals surface area contributed by atoms with E-state index >= 15 is 0 Å². The summed E-state index contributed by atoms with van der Waals surface area (Å²) in [5.74, 6) is -0.541. The van der Waals surface area contributed by atoms with Gasteiger partial charge in [0.25, 0.3) is 11.8 Å². The smallest absolute Gasteiger partial charge is 0.253 e. The summed E-state index contributed by atoms with van der Waals surface area (Å²) in [6.07, 6.45) is 9.57. The van der Waals surface area contributed by atoms with Crippen LogP contribution in [0, 0.1) is 0 Å². The second-order valence-corrected chi connectivity index (χ2v) is 3.96. The van der Waals surface area contributed by atoms with Gasteiger partial charge in [0.15, 0.2) is 0 Å².